The summed E-state index contributed by atoms with van der Waals surface area (Å²) < 4.78 is 32.7. The summed E-state index contributed by atoms with van der Waals surface area (Å²) in [6.07, 6.45) is 41.1. The van der Waals surface area contributed by atoms with E-state index in [1.54, 1.807) is 0 Å². The lowest BCUT2D eigenvalue weighted by Gasteiger charge is -2.20. The summed E-state index contributed by atoms with van der Waals surface area (Å²) in [6, 6.07) is -1.52. The van der Waals surface area contributed by atoms with Gasteiger partial charge in [0, 0.05) is 12.8 Å². The summed E-state index contributed by atoms with van der Waals surface area (Å²) in [5.41, 5.74) is 5.33. The second-order valence-electron chi connectivity index (χ2n) is 15.2. The number of ether oxygens (including phenoxy) is 2. The number of hydrogen-bond acceptors (Lipinski definition) is 9. The first-order valence-electron chi connectivity index (χ1n) is 22.4. The predicted octanol–water partition coefficient (Wildman–Crippen LogP) is 11.8. The number of carbonyl (C=O) groups is 3. The number of phosphoric ester groups is 1. The third kappa shape index (κ3) is 38.8. The number of hydrogen-bond donors (Lipinski definition) is 3. The topological polar surface area (TPSA) is 172 Å². The monoisotopic (exact) mass is 816 g/mol. The Morgan fingerprint density at radius 2 is 0.929 bits per heavy atom. The van der Waals surface area contributed by atoms with E-state index < -0.39 is 51.1 Å². The van der Waals surface area contributed by atoms with Gasteiger partial charge in [0.1, 0.15) is 12.6 Å². The predicted molar refractivity (Wildman–Crippen MR) is 226 cm³/mol. The molecule has 0 fully saturated rings. The summed E-state index contributed by atoms with van der Waals surface area (Å²) in [6.45, 7) is 2.77. The maximum atomic E-state index is 12.6. The Labute approximate surface area is 340 Å². The molecule has 56 heavy (non-hydrogen) atoms. The lowest BCUT2D eigenvalue weighted by atomic mass is 10.1. The number of rotatable bonds is 42. The van der Waals surface area contributed by atoms with Crippen molar-refractivity contribution in [1.29, 1.82) is 0 Å². The smallest absolute Gasteiger partial charge is 0.472 e. The highest BCUT2D eigenvalue weighted by Crippen LogP contribution is 2.43. The molecular formula is C44H82NO10P. The van der Waals surface area contributed by atoms with E-state index in [0.29, 0.717) is 12.8 Å². The Morgan fingerprint density at radius 1 is 0.536 bits per heavy atom. The molecule has 0 saturated carbocycles. The van der Waals surface area contributed by atoms with E-state index in [1.165, 1.54) is 135 Å². The Morgan fingerprint density at radius 3 is 1.39 bits per heavy atom. The molecule has 3 atom stereocenters. The second-order valence-corrected chi connectivity index (χ2v) is 16.6. The fourth-order valence-corrected chi connectivity index (χ4v) is 6.91. The van der Waals surface area contributed by atoms with Crippen LogP contribution in [0.4, 0.5) is 0 Å². The third-order valence-corrected chi connectivity index (χ3v) is 10.6. The lowest BCUT2D eigenvalue weighted by Crippen LogP contribution is -2.34. The normalized spacial score (nSPS) is 13.9. The number of unbranched alkanes of at least 4 members (excludes halogenated alkanes) is 24. The Bertz CT molecular complexity index is 1050. The Hall–Kier alpha value is -2.04. The van der Waals surface area contributed by atoms with Gasteiger partial charge in [0.05, 0.1) is 13.2 Å². The van der Waals surface area contributed by atoms with E-state index >= 15 is 0 Å². The molecule has 0 aliphatic rings. The Kier molecular flexibility index (Phi) is 38.3. The van der Waals surface area contributed by atoms with Crippen molar-refractivity contribution in [2.75, 3.05) is 19.8 Å². The molecule has 11 nitrogen and oxygen atoms in total. The van der Waals surface area contributed by atoms with Crippen LogP contribution in [0.25, 0.3) is 0 Å². The molecule has 0 radical (unpaired) electrons. The van der Waals surface area contributed by atoms with E-state index in [0.717, 1.165) is 32.1 Å². The van der Waals surface area contributed by atoms with Crippen LogP contribution in [-0.2, 0) is 37.5 Å². The summed E-state index contributed by atoms with van der Waals surface area (Å²) in [5.74, 6) is -2.43. The number of carboxylic acids is 1. The van der Waals surface area contributed by atoms with Crippen LogP contribution in [0.2, 0.25) is 0 Å². The fraction of sp³-hybridized carbons (Fsp3) is 0.841. The standard InChI is InChI=1S/C44H82NO10P/c1-3-5-7-9-11-13-15-17-19-20-22-23-25-27-29-31-33-35-42(46)52-37-40(38-53-56(50,51)54-39-41(45)44(48)49)55-43(47)36-34-32-30-28-26-24-21-18-16-14-12-10-8-6-4-2/h13,15,30,32,40-41H,3-12,14,16-29,31,33-39,45H2,1-2H3,(H,48,49)(H,50,51)/b15-13+,32-30+/t40-,41+/m1/s1. The van der Waals surface area contributed by atoms with E-state index in [1.807, 2.05) is 6.08 Å². The van der Waals surface area contributed by atoms with E-state index in [4.69, 9.17) is 24.8 Å². The molecule has 0 rings (SSSR count). The van der Waals surface area contributed by atoms with Crippen LogP contribution in [0.1, 0.15) is 206 Å². The number of carbonyl (C=O) groups excluding carboxylic acids is 2. The molecule has 0 aromatic carbocycles. The van der Waals surface area contributed by atoms with Crippen LogP contribution in [0.3, 0.4) is 0 Å². The largest absolute Gasteiger partial charge is 0.480 e. The second kappa shape index (κ2) is 39.8. The maximum Gasteiger partial charge on any atom is 0.472 e. The number of carboxylic acid groups (broad SMARTS) is 1. The minimum Gasteiger partial charge on any atom is -0.480 e. The van der Waals surface area contributed by atoms with Crippen molar-refractivity contribution in [3.05, 3.63) is 24.3 Å². The molecule has 0 aromatic rings. The molecule has 0 aliphatic heterocycles. The zero-order valence-electron chi connectivity index (χ0n) is 35.5. The van der Waals surface area contributed by atoms with Crippen molar-refractivity contribution in [3.63, 3.8) is 0 Å². The molecule has 0 heterocycles. The van der Waals surface area contributed by atoms with Crippen molar-refractivity contribution in [1.82, 2.24) is 0 Å². The average Bonchev–Trinajstić information content (AvgIpc) is 3.17. The molecule has 0 aliphatic carbocycles. The van der Waals surface area contributed by atoms with Gasteiger partial charge in [0.25, 0.3) is 0 Å². The van der Waals surface area contributed by atoms with Crippen LogP contribution in [-0.4, -0.2) is 59.9 Å². The van der Waals surface area contributed by atoms with Gasteiger partial charge >= 0.3 is 25.7 Å². The third-order valence-electron chi connectivity index (χ3n) is 9.69. The molecule has 0 bridgehead atoms. The maximum absolute atomic E-state index is 12.6. The highest BCUT2D eigenvalue weighted by Gasteiger charge is 2.28. The number of phosphoric acid groups is 1. The van der Waals surface area contributed by atoms with Crippen LogP contribution >= 0.6 is 7.82 Å². The summed E-state index contributed by atoms with van der Waals surface area (Å²) in [5, 5.41) is 8.89. The molecule has 0 aromatic heterocycles. The van der Waals surface area contributed by atoms with Crippen LogP contribution in [0, 0.1) is 0 Å². The van der Waals surface area contributed by atoms with Crippen molar-refractivity contribution < 1.29 is 47.5 Å². The summed E-state index contributed by atoms with van der Waals surface area (Å²) >= 11 is 0. The summed E-state index contributed by atoms with van der Waals surface area (Å²) in [4.78, 5) is 45.9. The van der Waals surface area contributed by atoms with Crippen LogP contribution in [0.5, 0.6) is 0 Å². The molecular weight excluding hydrogens is 733 g/mol. The first kappa shape index (κ1) is 54.0. The molecule has 1 unspecified atom stereocenters. The SMILES string of the molecule is CCCCCC/C=C/CCCCCCCCCCCC(=O)OC[C@H](COP(=O)(O)OC[C@H](N)C(=O)O)OC(=O)CC/C=C/CCCCCCCCCCCCC. The van der Waals surface area contributed by atoms with Gasteiger partial charge < -0.3 is 25.2 Å². The molecule has 0 saturated heterocycles. The van der Waals surface area contributed by atoms with Gasteiger partial charge in [-0.3, -0.25) is 23.4 Å². The number of esters is 2. The number of nitrogens with two attached hydrogens (primary N) is 1. The van der Waals surface area contributed by atoms with Gasteiger partial charge in [0.2, 0.25) is 0 Å². The van der Waals surface area contributed by atoms with Gasteiger partial charge in [-0.2, -0.15) is 0 Å². The zero-order chi connectivity index (χ0) is 41.4. The van der Waals surface area contributed by atoms with Gasteiger partial charge in [-0.05, 0) is 51.4 Å². The van der Waals surface area contributed by atoms with Crippen molar-refractivity contribution in [2.45, 2.75) is 219 Å². The Balaban J connectivity index is 4.36. The summed E-state index contributed by atoms with van der Waals surface area (Å²) in [7, 11) is -4.72. The highest BCUT2D eigenvalue weighted by atomic mass is 31.2. The first-order chi connectivity index (χ1) is 27.1. The quantitative estimate of drug-likeness (QED) is 0.0232. The number of allylic oxidation sites excluding steroid dienone is 4. The minimum atomic E-state index is -4.72. The van der Waals surface area contributed by atoms with E-state index in [-0.39, 0.29) is 19.4 Å². The van der Waals surface area contributed by atoms with Crippen molar-refractivity contribution in [3.8, 4) is 0 Å². The number of aliphatic carboxylic acids is 1. The highest BCUT2D eigenvalue weighted by molar-refractivity contribution is 7.47. The molecule has 4 N–H and O–H groups in total. The van der Waals surface area contributed by atoms with Gasteiger partial charge in [-0.25, -0.2) is 4.57 Å². The average molecular weight is 816 g/mol. The fourth-order valence-electron chi connectivity index (χ4n) is 6.14. The molecule has 0 spiro atoms. The van der Waals surface area contributed by atoms with Crippen LogP contribution in [0.15, 0.2) is 24.3 Å². The molecule has 328 valence electrons. The lowest BCUT2D eigenvalue weighted by molar-refractivity contribution is -0.161. The van der Waals surface area contributed by atoms with Crippen LogP contribution < -0.4 is 5.73 Å². The molecule has 0 amide bonds. The van der Waals surface area contributed by atoms with Gasteiger partial charge in [-0.1, -0.05) is 167 Å². The van der Waals surface area contributed by atoms with E-state index in [2.05, 4.69) is 36.6 Å². The zero-order valence-corrected chi connectivity index (χ0v) is 36.4. The van der Waals surface area contributed by atoms with Gasteiger partial charge in [0.15, 0.2) is 6.10 Å². The van der Waals surface area contributed by atoms with Crippen molar-refractivity contribution in [2.24, 2.45) is 5.73 Å². The first-order valence-corrected chi connectivity index (χ1v) is 23.9. The van der Waals surface area contributed by atoms with Crippen molar-refractivity contribution >= 4 is 25.7 Å². The van der Waals surface area contributed by atoms with Gasteiger partial charge in [-0.15, -0.1) is 0 Å². The van der Waals surface area contributed by atoms with E-state index in [9.17, 15) is 23.8 Å². The minimum absolute atomic E-state index is 0.0799. The molecule has 12 heteroatoms.